The number of rotatable bonds is 17. The van der Waals surface area contributed by atoms with Crippen LogP contribution in [-0.2, 0) is 40.7 Å². The van der Waals surface area contributed by atoms with E-state index in [1.54, 1.807) is 6.92 Å². The van der Waals surface area contributed by atoms with Gasteiger partial charge in [-0.15, -0.1) is 0 Å². The number of benzene rings is 3. The van der Waals surface area contributed by atoms with Crippen molar-refractivity contribution < 1.29 is 55.1 Å². The molecule has 13 nitrogen and oxygen atoms in total. The van der Waals surface area contributed by atoms with Crippen LogP contribution in [0.2, 0.25) is 0 Å². The highest BCUT2D eigenvalue weighted by molar-refractivity contribution is 7.86. The lowest BCUT2D eigenvalue weighted by Crippen LogP contribution is -2.31. The number of nitrogens with zero attached hydrogens (tertiary/aromatic N) is 2. The molecule has 3 aliphatic rings. The van der Waals surface area contributed by atoms with Crippen LogP contribution in [0.15, 0.2) is 105 Å². The van der Waals surface area contributed by atoms with Crippen molar-refractivity contribution in [2.24, 2.45) is 0 Å². The monoisotopic (exact) mass is 915 g/mol. The Bertz CT molecular complexity index is 2770. The third kappa shape index (κ3) is 9.68. The van der Waals surface area contributed by atoms with E-state index in [1.807, 2.05) is 30.9 Å². The van der Waals surface area contributed by atoms with Crippen LogP contribution >= 0.6 is 0 Å². The molecule has 0 radical (unpaired) electrons. The highest BCUT2D eigenvalue weighted by Crippen LogP contribution is 2.52. The molecule has 2 heterocycles. The van der Waals surface area contributed by atoms with Gasteiger partial charge in [0.2, 0.25) is 5.69 Å². The maximum Gasteiger partial charge on any atom is 0.303 e. The van der Waals surface area contributed by atoms with Gasteiger partial charge < -0.3 is 19.8 Å². The van der Waals surface area contributed by atoms with Crippen LogP contribution < -0.4 is 9.64 Å². The number of carboxylic acids is 2. The van der Waals surface area contributed by atoms with Gasteiger partial charge in [-0.1, -0.05) is 25.5 Å². The van der Waals surface area contributed by atoms with Gasteiger partial charge in [0.15, 0.2) is 5.71 Å². The molecule has 342 valence electrons. The van der Waals surface area contributed by atoms with E-state index in [1.165, 1.54) is 42.0 Å². The molecule has 0 fully saturated rings. The number of allylic oxidation sites excluding steroid dienone is 7. The molecule has 0 aromatic heterocycles. The van der Waals surface area contributed by atoms with Gasteiger partial charge in [-0.05, 0) is 156 Å². The normalized spacial score (nSPS) is 21.4. The fourth-order valence-corrected chi connectivity index (χ4v) is 10.6. The minimum atomic E-state index is -4.54. The van der Waals surface area contributed by atoms with Gasteiger partial charge in [-0.25, -0.2) is 0 Å². The highest BCUT2D eigenvalue weighted by Gasteiger charge is 2.48. The first kappa shape index (κ1) is 48.1. The number of carbonyl (C=O) groups is 2. The number of ether oxygens (including phenoxy) is 1. The molecule has 6 rings (SSSR count). The van der Waals surface area contributed by atoms with Gasteiger partial charge in [-0.3, -0.25) is 18.7 Å². The first-order valence-corrected chi connectivity index (χ1v) is 24.6. The lowest BCUT2D eigenvalue weighted by atomic mass is 9.76. The SMILES string of the molecule is CCC1(C)C(/C=C/C2=C(Oc3ccc(S(=O)(=O)O)cc3)C(=C/C=C3/N(CCCC(=O)O)c4c(C)cc(S(=O)(=O)O)cc4C3(C)CC)/CCC2)=[N+](CCCC(=O)O)c2c(C)cc(C)cc21. The molecule has 1 aliphatic carbocycles. The number of aryl methyl sites for hydroxylation is 3. The van der Waals surface area contributed by atoms with Gasteiger partial charge in [0.1, 0.15) is 18.1 Å². The molecule has 4 N–H and O–H groups in total. The fraction of sp³-hybridized carbons (Fsp3) is 0.408. The molecule has 3 aromatic carbocycles. The zero-order chi connectivity index (χ0) is 46.9. The van der Waals surface area contributed by atoms with Crippen LogP contribution in [0, 0.1) is 20.8 Å². The predicted molar refractivity (Wildman–Crippen MR) is 246 cm³/mol. The van der Waals surface area contributed by atoms with Crippen molar-refractivity contribution in [2.45, 2.75) is 127 Å². The molecule has 15 heteroatoms. The summed E-state index contributed by atoms with van der Waals surface area (Å²) >= 11 is 0. The maximum absolute atomic E-state index is 12.4. The van der Waals surface area contributed by atoms with Crippen LogP contribution in [0.25, 0.3) is 0 Å². The number of hydrogen-bond donors (Lipinski definition) is 4. The minimum Gasteiger partial charge on any atom is -0.481 e. The summed E-state index contributed by atoms with van der Waals surface area (Å²) in [6, 6.07) is 12.8. The summed E-state index contributed by atoms with van der Waals surface area (Å²) in [4.78, 5) is 24.9. The van der Waals surface area contributed by atoms with Crippen molar-refractivity contribution >= 4 is 49.3 Å². The number of aliphatic carboxylic acids is 2. The smallest absolute Gasteiger partial charge is 0.303 e. The summed E-state index contributed by atoms with van der Waals surface area (Å²) in [5.41, 5.74) is 9.01. The van der Waals surface area contributed by atoms with E-state index >= 15 is 0 Å². The Morgan fingerprint density at radius 2 is 1.42 bits per heavy atom. The summed E-state index contributed by atoms with van der Waals surface area (Å²) < 4.78 is 77.5. The Balaban J connectivity index is 1.54. The van der Waals surface area contributed by atoms with Crippen molar-refractivity contribution in [1.82, 2.24) is 0 Å². The van der Waals surface area contributed by atoms with Crippen LogP contribution in [0.4, 0.5) is 11.4 Å². The van der Waals surface area contributed by atoms with Crippen LogP contribution in [-0.4, -0.2) is 71.5 Å². The van der Waals surface area contributed by atoms with Gasteiger partial charge in [0, 0.05) is 53.4 Å². The quantitative estimate of drug-likeness (QED) is 0.0740. The molecular formula is C49H59N2O11S2+. The molecule has 2 atom stereocenters. The predicted octanol–water partition coefficient (Wildman–Crippen LogP) is 9.67. The molecule has 0 spiro atoms. The Morgan fingerprint density at radius 3 is 2.03 bits per heavy atom. The van der Waals surface area contributed by atoms with Crippen LogP contribution in [0.5, 0.6) is 5.75 Å². The molecule has 0 amide bonds. The number of carboxylic acid groups (broad SMARTS) is 2. The summed E-state index contributed by atoms with van der Waals surface area (Å²) in [6.07, 6.45) is 12.2. The van der Waals surface area contributed by atoms with E-state index in [2.05, 4.69) is 56.6 Å². The van der Waals surface area contributed by atoms with Crippen molar-refractivity contribution in [3.05, 3.63) is 123 Å². The number of anilines is 1. The third-order valence-electron chi connectivity index (χ3n) is 13.1. The second kappa shape index (κ2) is 18.6. The number of fused-ring (bicyclic) bond motifs is 2. The molecule has 64 heavy (non-hydrogen) atoms. The second-order valence-electron chi connectivity index (χ2n) is 17.5. The molecule has 2 aliphatic heterocycles. The topological polar surface area (TPSA) is 199 Å². The van der Waals surface area contributed by atoms with Crippen molar-refractivity contribution in [3.8, 4) is 5.75 Å². The third-order valence-corrected chi connectivity index (χ3v) is 14.8. The van der Waals surface area contributed by atoms with E-state index in [-0.39, 0.29) is 22.6 Å². The van der Waals surface area contributed by atoms with Crippen LogP contribution in [0.3, 0.4) is 0 Å². The first-order valence-electron chi connectivity index (χ1n) is 21.7. The Hall–Kier alpha value is -5.35. The van der Waals surface area contributed by atoms with Crippen molar-refractivity contribution in [2.75, 3.05) is 18.0 Å². The average Bonchev–Trinajstić information content (AvgIpc) is 3.60. The molecule has 2 unspecified atom stereocenters. The lowest BCUT2D eigenvalue weighted by molar-refractivity contribution is -0.438. The van der Waals surface area contributed by atoms with Gasteiger partial charge in [-0.2, -0.15) is 21.4 Å². The number of hydrogen-bond acceptors (Lipinski definition) is 8. The molecule has 0 saturated heterocycles. The first-order chi connectivity index (χ1) is 30.0. The standard InChI is InChI=1S/C49H58N2O11S2/c1-8-48(6)39-28-31(3)27-32(4)45(39)50(25-11-15-43(52)53)41(48)23-17-34-13-10-14-35(47(34)62-36-19-21-37(22-20-36)63(56,57)58)18-24-42-49(7,9-2)40-30-38(64(59,60)61)29-33(5)46(40)51(42)26-12-16-44(54)55/h17-24,27-30H,8-16,25-26H2,1-7H3,(H3-,52,53,54,55,56,57,58,59,60,61)/p+1. The maximum atomic E-state index is 12.4. The van der Waals surface area contributed by atoms with Crippen LogP contribution in [0.1, 0.15) is 113 Å². The van der Waals surface area contributed by atoms with E-state index in [4.69, 9.17) is 4.74 Å². The molecular weight excluding hydrogens is 857 g/mol. The zero-order valence-corrected chi connectivity index (χ0v) is 39.2. The van der Waals surface area contributed by atoms with Gasteiger partial charge >= 0.3 is 11.9 Å². The largest absolute Gasteiger partial charge is 0.481 e. The van der Waals surface area contributed by atoms with E-state index in [9.17, 15) is 45.7 Å². The van der Waals surface area contributed by atoms with Gasteiger partial charge in [0.25, 0.3) is 20.2 Å². The average molecular weight is 916 g/mol. The van der Waals surface area contributed by atoms with E-state index in [0.717, 1.165) is 57.9 Å². The Kier molecular flexibility index (Phi) is 14.0. The zero-order valence-electron chi connectivity index (χ0n) is 37.6. The summed E-state index contributed by atoms with van der Waals surface area (Å²) in [6.45, 7) is 15.1. The Labute approximate surface area is 376 Å². The van der Waals surface area contributed by atoms with Crippen molar-refractivity contribution in [3.63, 3.8) is 0 Å². The molecule has 0 saturated carbocycles. The summed E-state index contributed by atoms with van der Waals surface area (Å²) in [5, 5.41) is 19.1. The summed E-state index contributed by atoms with van der Waals surface area (Å²) in [5.74, 6) is -0.903. The van der Waals surface area contributed by atoms with Crippen molar-refractivity contribution in [1.29, 1.82) is 0 Å². The van der Waals surface area contributed by atoms with Gasteiger partial charge in [0.05, 0.1) is 21.6 Å². The summed E-state index contributed by atoms with van der Waals surface area (Å²) in [7, 11) is -9.00. The molecule has 3 aromatic rings. The minimum absolute atomic E-state index is 0.0279. The lowest BCUT2D eigenvalue weighted by Gasteiger charge is -2.30. The second-order valence-corrected chi connectivity index (χ2v) is 20.3. The highest BCUT2D eigenvalue weighted by atomic mass is 32.2. The molecule has 0 bridgehead atoms. The van der Waals surface area contributed by atoms with E-state index < -0.39 is 43.0 Å². The fourth-order valence-electron chi connectivity index (χ4n) is 9.57. The Morgan fingerprint density at radius 1 is 0.781 bits per heavy atom. The van der Waals surface area contributed by atoms with E-state index in [0.29, 0.717) is 67.8 Å².